The maximum absolute atomic E-state index is 12.2. The first-order valence-corrected chi connectivity index (χ1v) is 7.20. The van der Waals surface area contributed by atoms with Crippen LogP contribution in [0, 0.1) is 0 Å². The van der Waals surface area contributed by atoms with Crippen LogP contribution in [0.25, 0.3) is 0 Å². The van der Waals surface area contributed by atoms with E-state index >= 15 is 0 Å². The molecule has 0 saturated heterocycles. The molecule has 0 bridgehead atoms. The van der Waals surface area contributed by atoms with Crippen LogP contribution in [0.1, 0.15) is 20.8 Å². The molecule has 21 heavy (non-hydrogen) atoms. The van der Waals surface area contributed by atoms with Gasteiger partial charge in [0.05, 0.1) is 13.1 Å². The standard InChI is InChI=1S/C15H22N2O3.ClH/c1-4-17(5-2)11(3)15(18)16-12-6-7-13-14(10-12)20-9-8-19-13;/h6-7,10-11H,4-5,8-9H2,1-3H3,(H,16,18);1H. The number of likely N-dealkylation sites (N-methyl/N-ethyl adjacent to an activating group) is 1. The highest BCUT2D eigenvalue weighted by Gasteiger charge is 2.23. The maximum atomic E-state index is 12.2. The third kappa shape index (κ3) is 4.25. The number of amides is 1. The highest BCUT2D eigenvalue weighted by molar-refractivity contribution is 5.93. The van der Waals surface area contributed by atoms with Crippen molar-refractivity contribution in [3.8, 4) is 11.5 Å². The molecule has 1 aliphatic heterocycles. The molecule has 5 nitrogen and oxygen atoms in total. The predicted molar refractivity (Wildman–Crippen MR) is 77.6 cm³/mol. The Morgan fingerprint density at radius 3 is 2.48 bits per heavy atom. The molecule has 118 valence electrons. The zero-order valence-electron chi connectivity index (χ0n) is 12.7. The third-order valence-corrected chi connectivity index (χ3v) is 3.72. The first kappa shape index (κ1) is 17.6. The van der Waals surface area contributed by atoms with Crippen LogP contribution in [0.5, 0.6) is 11.5 Å². The van der Waals surface area contributed by atoms with E-state index in [2.05, 4.69) is 19.2 Å². The maximum Gasteiger partial charge on any atom is 0.282 e. The van der Waals surface area contributed by atoms with Crippen molar-refractivity contribution in [1.29, 1.82) is 0 Å². The van der Waals surface area contributed by atoms with Gasteiger partial charge in [-0.2, -0.15) is 0 Å². The van der Waals surface area contributed by atoms with Gasteiger partial charge in [-0.05, 0) is 32.9 Å². The molecule has 0 saturated carbocycles. The molecule has 1 amide bonds. The minimum atomic E-state index is -0.0711. The van der Waals surface area contributed by atoms with Crippen molar-refractivity contribution in [2.75, 3.05) is 31.6 Å². The van der Waals surface area contributed by atoms with Crippen LogP contribution in [-0.2, 0) is 4.79 Å². The normalized spacial score (nSPS) is 14.3. The van der Waals surface area contributed by atoms with Crippen molar-refractivity contribution in [2.24, 2.45) is 0 Å². The number of fused-ring (bicyclic) bond motifs is 1. The lowest BCUT2D eigenvalue weighted by Gasteiger charge is -2.23. The van der Waals surface area contributed by atoms with Gasteiger partial charge in [0.1, 0.15) is 13.2 Å². The van der Waals surface area contributed by atoms with Gasteiger partial charge in [-0.3, -0.25) is 4.79 Å². The number of carbonyl (C=O) groups is 1. The monoisotopic (exact) mass is 314 g/mol. The minimum Gasteiger partial charge on any atom is -1.00 e. The van der Waals surface area contributed by atoms with E-state index < -0.39 is 0 Å². The van der Waals surface area contributed by atoms with E-state index in [0.717, 1.165) is 24.5 Å². The number of nitrogens with one attached hydrogen (secondary N) is 2. The summed E-state index contributed by atoms with van der Waals surface area (Å²) in [6.45, 7) is 9.12. The number of halogens is 1. The highest BCUT2D eigenvalue weighted by Crippen LogP contribution is 2.32. The van der Waals surface area contributed by atoms with Crippen molar-refractivity contribution in [1.82, 2.24) is 0 Å². The molecule has 2 N–H and O–H groups in total. The average Bonchev–Trinajstić information content (AvgIpc) is 2.48. The van der Waals surface area contributed by atoms with Crippen molar-refractivity contribution in [3.63, 3.8) is 0 Å². The first-order valence-electron chi connectivity index (χ1n) is 7.20. The SMILES string of the molecule is CC[NH+](CC)C(C)C(=O)Nc1ccc2c(c1)OCCO2.[Cl-]. The molecule has 0 radical (unpaired) electrons. The topological polar surface area (TPSA) is 52.0 Å². The molecular formula is C15H23ClN2O3. The lowest BCUT2D eigenvalue weighted by molar-refractivity contribution is -0.910. The van der Waals surface area contributed by atoms with Gasteiger partial charge in [-0.25, -0.2) is 0 Å². The summed E-state index contributed by atoms with van der Waals surface area (Å²) in [5.41, 5.74) is 0.748. The minimum absolute atomic E-state index is 0. The molecule has 1 unspecified atom stereocenters. The molecule has 6 heteroatoms. The van der Waals surface area contributed by atoms with Gasteiger partial charge in [0, 0.05) is 11.8 Å². The van der Waals surface area contributed by atoms with Crippen molar-refractivity contribution in [2.45, 2.75) is 26.8 Å². The zero-order valence-corrected chi connectivity index (χ0v) is 13.5. The van der Waals surface area contributed by atoms with E-state index in [1.807, 2.05) is 25.1 Å². The fourth-order valence-corrected chi connectivity index (χ4v) is 2.42. The molecule has 0 spiro atoms. The first-order chi connectivity index (χ1) is 9.65. The van der Waals surface area contributed by atoms with E-state index in [9.17, 15) is 4.79 Å². The second kappa shape index (κ2) is 8.10. The summed E-state index contributed by atoms with van der Waals surface area (Å²) < 4.78 is 11.0. The molecule has 1 atom stereocenters. The van der Waals surface area contributed by atoms with E-state index in [0.29, 0.717) is 19.0 Å². The Hall–Kier alpha value is -1.46. The van der Waals surface area contributed by atoms with Crippen LogP contribution in [-0.4, -0.2) is 38.3 Å². The fraction of sp³-hybridized carbons (Fsp3) is 0.533. The Morgan fingerprint density at radius 1 is 1.24 bits per heavy atom. The number of hydrogen-bond donors (Lipinski definition) is 2. The van der Waals surface area contributed by atoms with Crippen molar-refractivity contribution in [3.05, 3.63) is 18.2 Å². The van der Waals surface area contributed by atoms with Crippen LogP contribution in [0.4, 0.5) is 5.69 Å². The van der Waals surface area contributed by atoms with Gasteiger partial charge in [0.25, 0.3) is 5.91 Å². The number of rotatable bonds is 5. The molecule has 0 aromatic heterocycles. The van der Waals surface area contributed by atoms with Crippen molar-refractivity contribution >= 4 is 11.6 Å². The summed E-state index contributed by atoms with van der Waals surface area (Å²) in [4.78, 5) is 13.5. The Bertz CT molecular complexity index is 478. The quantitative estimate of drug-likeness (QED) is 0.643. The Balaban J connectivity index is 0.00000220. The predicted octanol–water partition coefficient (Wildman–Crippen LogP) is -2.29. The second-order valence-electron chi connectivity index (χ2n) is 4.93. The van der Waals surface area contributed by atoms with E-state index in [1.54, 1.807) is 0 Å². The van der Waals surface area contributed by atoms with E-state index in [4.69, 9.17) is 9.47 Å². The smallest absolute Gasteiger partial charge is 0.282 e. The molecule has 1 heterocycles. The summed E-state index contributed by atoms with van der Waals surface area (Å²) in [6.07, 6.45) is 0. The summed E-state index contributed by atoms with van der Waals surface area (Å²) >= 11 is 0. The van der Waals surface area contributed by atoms with Gasteiger partial charge in [0.15, 0.2) is 17.5 Å². The molecular weight excluding hydrogens is 292 g/mol. The Kier molecular flexibility index (Phi) is 6.78. The number of benzene rings is 1. The fourth-order valence-electron chi connectivity index (χ4n) is 2.42. The summed E-state index contributed by atoms with van der Waals surface area (Å²) in [6, 6.07) is 5.42. The van der Waals surface area contributed by atoms with Crippen LogP contribution in [0.3, 0.4) is 0 Å². The zero-order chi connectivity index (χ0) is 14.5. The second-order valence-corrected chi connectivity index (χ2v) is 4.93. The molecule has 1 aromatic carbocycles. The highest BCUT2D eigenvalue weighted by atomic mass is 35.5. The summed E-state index contributed by atoms with van der Waals surface area (Å²) in [5, 5.41) is 2.95. The van der Waals surface area contributed by atoms with Crippen LogP contribution in [0.15, 0.2) is 18.2 Å². The van der Waals surface area contributed by atoms with E-state index in [-0.39, 0.29) is 24.4 Å². The Labute approximate surface area is 132 Å². The number of anilines is 1. The van der Waals surface area contributed by atoms with Gasteiger partial charge < -0.3 is 32.1 Å². The lowest BCUT2D eigenvalue weighted by Crippen LogP contribution is -3.16. The van der Waals surface area contributed by atoms with Crippen molar-refractivity contribution < 1.29 is 31.6 Å². The number of hydrogen-bond acceptors (Lipinski definition) is 3. The molecule has 0 fully saturated rings. The number of carbonyl (C=O) groups excluding carboxylic acids is 1. The summed E-state index contributed by atoms with van der Waals surface area (Å²) in [7, 11) is 0. The molecule has 1 aromatic rings. The lowest BCUT2D eigenvalue weighted by atomic mass is 10.2. The van der Waals surface area contributed by atoms with E-state index in [1.165, 1.54) is 4.90 Å². The average molecular weight is 315 g/mol. The van der Waals surface area contributed by atoms with Crippen LogP contribution < -0.4 is 32.1 Å². The Morgan fingerprint density at radius 2 is 1.86 bits per heavy atom. The molecule has 2 rings (SSSR count). The summed E-state index contributed by atoms with van der Waals surface area (Å²) in [5.74, 6) is 1.45. The molecule has 1 aliphatic rings. The van der Waals surface area contributed by atoms with Gasteiger partial charge >= 0.3 is 0 Å². The van der Waals surface area contributed by atoms with Gasteiger partial charge in [-0.1, -0.05) is 0 Å². The number of ether oxygens (including phenoxy) is 2. The van der Waals surface area contributed by atoms with Crippen LogP contribution >= 0.6 is 0 Å². The van der Waals surface area contributed by atoms with Gasteiger partial charge in [-0.15, -0.1) is 0 Å². The molecule has 0 aliphatic carbocycles. The largest absolute Gasteiger partial charge is 1.00 e. The van der Waals surface area contributed by atoms with Gasteiger partial charge in [0.2, 0.25) is 0 Å². The number of quaternary nitrogens is 1. The third-order valence-electron chi connectivity index (χ3n) is 3.72. The van der Waals surface area contributed by atoms with Crippen LogP contribution in [0.2, 0.25) is 0 Å².